The van der Waals surface area contributed by atoms with Crippen molar-refractivity contribution in [3.05, 3.63) is 120 Å². The fourth-order valence-electron chi connectivity index (χ4n) is 6.59. The standard InChI is InChI=1S/C46H67NO5/c1-3-5-6-7-8-9-10-11-12-13-14-15-16-17-27-34-44(48)47-43(39-50-36-40-28-21-18-22-29-40)45(51-37-41-30-23-19-24-31-41)46(49,35-4-2)52-38-42-32-25-20-26-33-42/h4,18-26,28-33,43,45,49H,2-3,5-17,27,34-39H2,1H3,(H,47,48)/t43-,45-,46+/m0/s1. The van der Waals surface area contributed by atoms with Crippen LogP contribution in [0.25, 0.3) is 0 Å². The maximum Gasteiger partial charge on any atom is 0.220 e. The third-order valence-electron chi connectivity index (χ3n) is 9.61. The minimum absolute atomic E-state index is 0.0830. The average molecular weight is 714 g/mol. The van der Waals surface area contributed by atoms with E-state index in [4.69, 9.17) is 14.2 Å². The van der Waals surface area contributed by atoms with Crippen LogP contribution in [0.5, 0.6) is 0 Å². The van der Waals surface area contributed by atoms with Gasteiger partial charge in [-0.25, -0.2) is 0 Å². The minimum Gasteiger partial charge on any atom is -0.375 e. The number of ether oxygens (including phenoxy) is 3. The molecule has 286 valence electrons. The molecular weight excluding hydrogens is 647 g/mol. The zero-order valence-electron chi connectivity index (χ0n) is 32.0. The van der Waals surface area contributed by atoms with Crippen LogP contribution in [0, 0.1) is 0 Å². The van der Waals surface area contributed by atoms with E-state index in [0.717, 1.165) is 36.0 Å². The fraction of sp³-hybridized carbons (Fsp3) is 0.543. The first-order chi connectivity index (χ1) is 25.5. The van der Waals surface area contributed by atoms with Gasteiger partial charge in [0, 0.05) is 12.8 Å². The van der Waals surface area contributed by atoms with E-state index in [2.05, 4.69) is 18.8 Å². The van der Waals surface area contributed by atoms with Crippen LogP contribution in [-0.2, 0) is 38.8 Å². The summed E-state index contributed by atoms with van der Waals surface area (Å²) in [5.74, 6) is -1.87. The summed E-state index contributed by atoms with van der Waals surface area (Å²) in [5, 5.41) is 15.4. The minimum atomic E-state index is -1.78. The predicted molar refractivity (Wildman–Crippen MR) is 214 cm³/mol. The molecule has 0 aliphatic carbocycles. The Morgan fingerprint density at radius 3 is 1.60 bits per heavy atom. The first kappa shape index (κ1) is 43.1. The number of carbonyl (C=O) groups excluding carboxylic acids is 1. The summed E-state index contributed by atoms with van der Waals surface area (Å²) >= 11 is 0. The highest BCUT2D eigenvalue weighted by atomic mass is 16.7. The van der Waals surface area contributed by atoms with Crippen molar-refractivity contribution in [3.63, 3.8) is 0 Å². The summed E-state index contributed by atoms with van der Waals surface area (Å²) in [7, 11) is 0. The first-order valence-electron chi connectivity index (χ1n) is 20.1. The number of aliphatic hydroxyl groups is 1. The second-order valence-electron chi connectivity index (χ2n) is 14.2. The van der Waals surface area contributed by atoms with Crippen LogP contribution in [0.3, 0.4) is 0 Å². The summed E-state index contributed by atoms with van der Waals surface area (Å²) in [6.45, 7) is 7.08. The van der Waals surface area contributed by atoms with Gasteiger partial charge in [0.15, 0.2) is 5.79 Å². The fourth-order valence-corrected chi connectivity index (χ4v) is 6.59. The molecule has 0 aliphatic heterocycles. The van der Waals surface area contributed by atoms with Crippen LogP contribution in [-0.4, -0.2) is 35.6 Å². The summed E-state index contributed by atoms with van der Waals surface area (Å²) in [5.41, 5.74) is 2.89. The van der Waals surface area contributed by atoms with Gasteiger partial charge in [-0.05, 0) is 23.1 Å². The van der Waals surface area contributed by atoms with Gasteiger partial charge >= 0.3 is 0 Å². The molecule has 0 saturated carbocycles. The molecule has 3 atom stereocenters. The van der Waals surface area contributed by atoms with Gasteiger partial charge in [-0.15, -0.1) is 6.58 Å². The van der Waals surface area contributed by atoms with Gasteiger partial charge in [-0.3, -0.25) is 4.79 Å². The highest BCUT2D eigenvalue weighted by Crippen LogP contribution is 2.27. The van der Waals surface area contributed by atoms with Gasteiger partial charge in [-0.2, -0.15) is 0 Å². The molecule has 0 bridgehead atoms. The summed E-state index contributed by atoms with van der Waals surface area (Å²) in [6, 6.07) is 28.8. The van der Waals surface area contributed by atoms with Crippen molar-refractivity contribution < 1.29 is 24.1 Å². The molecular formula is C46H67NO5. The van der Waals surface area contributed by atoms with Gasteiger partial charge < -0.3 is 24.6 Å². The molecule has 1 amide bonds. The van der Waals surface area contributed by atoms with Crippen LogP contribution < -0.4 is 5.32 Å². The molecule has 6 heteroatoms. The average Bonchev–Trinajstić information content (AvgIpc) is 3.17. The van der Waals surface area contributed by atoms with E-state index in [0.29, 0.717) is 13.0 Å². The smallest absolute Gasteiger partial charge is 0.220 e. The third-order valence-corrected chi connectivity index (χ3v) is 9.61. The largest absolute Gasteiger partial charge is 0.375 e. The topological polar surface area (TPSA) is 77.0 Å². The Morgan fingerprint density at radius 2 is 1.12 bits per heavy atom. The van der Waals surface area contributed by atoms with E-state index < -0.39 is 17.9 Å². The van der Waals surface area contributed by atoms with E-state index in [1.54, 1.807) is 6.08 Å². The van der Waals surface area contributed by atoms with Gasteiger partial charge in [0.1, 0.15) is 6.10 Å². The normalized spacial score (nSPS) is 13.7. The van der Waals surface area contributed by atoms with Crippen molar-refractivity contribution in [2.45, 2.75) is 154 Å². The van der Waals surface area contributed by atoms with Crippen LogP contribution in [0.1, 0.15) is 133 Å². The molecule has 52 heavy (non-hydrogen) atoms. The predicted octanol–water partition coefficient (Wildman–Crippen LogP) is 11.0. The number of rotatable bonds is 31. The van der Waals surface area contributed by atoms with Crippen molar-refractivity contribution in [2.75, 3.05) is 6.61 Å². The van der Waals surface area contributed by atoms with Crippen LogP contribution in [0.4, 0.5) is 0 Å². The zero-order valence-corrected chi connectivity index (χ0v) is 32.0. The number of hydrogen-bond acceptors (Lipinski definition) is 5. The zero-order chi connectivity index (χ0) is 37.0. The lowest BCUT2D eigenvalue weighted by molar-refractivity contribution is -0.281. The number of benzene rings is 3. The summed E-state index contributed by atoms with van der Waals surface area (Å²) < 4.78 is 19.0. The molecule has 0 radical (unpaired) electrons. The monoisotopic (exact) mass is 714 g/mol. The maximum atomic E-state index is 13.5. The van der Waals surface area contributed by atoms with Crippen molar-refractivity contribution in [2.24, 2.45) is 0 Å². The molecule has 0 spiro atoms. The lowest BCUT2D eigenvalue weighted by atomic mass is 9.97. The summed E-state index contributed by atoms with van der Waals surface area (Å²) in [4.78, 5) is 13.5. The third kappa shape index (κ3) is 18.5. The Balaban J connectivity index is 1.57. The quantitative estimate of drug-likeness (QED) is 0.0394. The molecule has 0 unspecified atom stereocenters. The molecule has 2 N–H and O–H groups in total. The first-order valence-corrected chi connectivity index (χ1v) is 20.1. The van der Waals surface area contributed by atoms with Crippen molar-refractivity contribution in [3.8, 4) is 0 Å². The number of hydrogen-bond donors (Lipinski definition) is 2. The van der Waals surface area contributed by atoms with Gasteiger partial charge in [0.05, 0.1) is 32.5 Å². The molecule has 0 saturated heterocycles. The maximum absolute atomic E-state index is 13.5. The van der Waals surface area contributed by atoms with E-state index in [1.165, 1.54) is 77.0 Å². The van der Waals surface area contributed by atoms with Crippen LogP contribution >= 0.6 is 0 Å². The molecule has 0 aromatic heterocycles. The van der Waals surface area contributed by atoms with Gasteiger partial charge in [-0.1, -0.05) is 194 Å². The molecule has 6 nitrogen and oxygen atoms in total. The lowest BCUT2D eigenvalue weighted by Crippen LogP contribution is -2.59. The second kappa shape index (κ2) is 27.3. The molecule has 0 aliphatic rings. The van der Waals surface area contributed by atoms with Crippen molar-refractivity contribution in [1.29, 1.82) is 0 Å². The molecule has 3 rings (SSSR count). The van der Waals surface area contributed by atoms with E-state index in [1.807, 2.05) is 91.0 Å². The van der Waals surface area contributed by atoms with Crippen molar-refractivity contribution in [1.82, 2.24) is 5.32 Å². The number of carbonyl (C=O) groups is 1. The molecule has 0 fully saturated rings. The second-order valence-corrected chi connectivity index (χ2v) is 14.2. The Bertz CT molecular complexity index is 1300. The highest BCUT2D eigenvalue weighted by Gasteiger charge is 2.44. The Labute approximate surface area is 315 Å². The molecule has 0 heterocycles. The van der Waals surface area contributed by atoms with Gasteiger partial charge in [0.2, 0.25) is 5.91 Å². The highest BCUT2D eigenvalue weighted by molar-refractivity contribution is 5.76. The van der Waals surface area contributed by atoms with E-state index in [-0.39, 0.29) is 32.1 Å². The Kier molecular flexibility index (Phi) is 22.7. The molecule has 3 aromatic carbocycles. The SMILES string of the molecule is C=CC[C@@](O)(OCc1ccccc1)[C@@H](OCc1ccccc1)[C@H](COCc1ccccc1)NC(=O)CCCCCCCCCCCCCCCCC. The Hall–Kier alpha value is -3.29. The van der Waals surface area contributed by atoms with Gasteiger partial charge in [0.25, 0.3) is 0 Å². The van der Waals surface area contributed by atoms with Crippen LogP contribution in [0.15, 0.2) is 104 Å². The summed E-state index contributed by atoms with van der Waals surface area (Å²) in [6.07, 6.45) is 20.3. The number of amides is 1. The molecule has 3 aromatic rings. The van der Waals surface area contributed by atoms with E-state index in [9.17, 15) is 9.90 Å². The number of unbranched alkanes of at least 4 members (excludes halogenated alkanes) is 14. The van der Waals surface area contributed by atoms with Crippen molar-refractivity contribution >= 4 is 5.91 Å². The van der Waals surface area contributed by atoms with Crippen LogP contribution in [0.2, 0.25) is 0 Å². The number of nitrogens with one attached hydrogen (secondary N) is 1. The van der Waals surface area contributed by atoms with E-state index >= 15 is 0 Å². The Morgan fingerprint density at radius 1 is 0.673 bits per heavy atom. The lowest BCUT2D eigenvalue weighted by Gasteiger charge is -2.40.